The molecule has 0 aliphatic rings. The van der Waals surface area contributed by atoms with E-state index in [0.717, 1.165) is 18.2 Å². The minimum Gasteiger partial charge on any atom is -0.492 e. The van der Waals surface area contributed by atoms with E-state index in [2.05, 4.69) is 10.0 Å². The smallest absolute Gasteiger partial charge is 0.263 e. The summed E-state index contributed by atoms with van der Waals surface area (Å²) >= 11 is 6.03. The minimum absolute atomic E-state index is 0.0747. The number of rotatable bonds is 8. The van der Waals surface area contributed by atoms with Crippen LogP contribution in [-0.4, -0.2) is 27.5 Å². The molecule has 0 bridgehead atoms. The normalized spacial score (nSPS) is 11.1. The van der Waals surface area contributed by atoms with Gasteiger partial charge in [0.05, 0.1) is 11.6 Å². The van der Waals surface area contributed by atoms with Crippen molar-refractivity contribution >= 4 is 33.2 Å². The van der Waals surface area contributed by atoms with Gasteiger partial charge in [0.2, 0.25) is 0 Å². The van der Waals surface area contributed by atoms with E-state index in [1.807, 2.05) is 0 Å². The molecule has 3 aromatic rings. The monoisotopic (exact) mass is 466 g/mol. The summed E-state index contributed by atoms with van der Waals surface area (Å²) in [6, 6.07) is 14.0. The number of sulfonamides is 1. The Hall–Kier alpha value is -3.17. The third-order valence-corrected chi connectivity index (χ3v) is 5.91. The second-order valence-corrected chi connectivity index (χ2v) is 8.37. The Balaban J connectivity index is 1.64. The first-order chi connectivity index (χ1) is 14.7. The maximum absolute atomic E-state index is 13.0. The molecule has 3 rings (SSSR count). The van der Waals surface area contributed by atoms with Crippen LogP contribution >= 0.6 is 11.6 Å². The molecule has 0 unspecified atom stereocenters. The highest BCUT2D eigenvalue weighted by Gasteiger charge is 2.20. The highest BCUT2D eigenvalue weighted by Crippen LogP contribution is 2.25. The molecule has 0 spiro atoms. The van der Waals surface area contributed by atoms with Crippen LogP contribution in [0.25, 0.3) is 0 Å². The summed E-state index contributed by atoms with van der Waals surface area (Å²) in [4.78, 5) is 12.1. The lowest BCUT2D eigenvalue weighted by Gasteiger charge is -2.12. The summed E-state index contributed by atoms with van der Waals surface area (Å²) in [5.74, 6) is -0.980. The predicted molar refractivity (Wildman–Crippen MR) is 113 cm³/mol. The predicted octanol–water partition coefficient (Wildman–Crippen LogP) is 4.23. The summed E-state index contributed by atoms with van der Waals surface area (Å²) in [5.41, 5.74) is 0.218. The second-order valence-electron chi connectivity index (χ2n) is 6.32. The van der Waals surface area contributed by atoms with E-state index >= 15 is 0 Å². The molecular weight excluding hydrogens is 450 g/mol. The van der Waals surface area contributed by atoms with Crippen molar-refractivity contribution in [3.8, 4) is 5.75 Å². The van der Waals surface area contributed by atoms with Crippen molar-refractivity contribution in [3.05, 3.63) is 89.0 Å². The maximum atomic E-state index is 13.0. The van der Waals surface area contributed by atoms with Gasteiger partial charge in [-0.25, -0.2) is 17.2 Å². The summed E-state index contributed by atoms with van der Waals surface area (Å²) in [5, 5.41) is 2.52. The van der Waals surface area contributed by atoms with E-state index in [1.165, 1.54) is 48.5 Å². The standard InChI is InChI=1S/C21H17ClF2N2O4S/c22-19-10-1-14(21(27)25-11-12-30-18-8-4-16(24)5-9-18)13-20(19)31(28,29)26-17-6-2-15(23)3-7-17/h1-10,13,26H,11-12H2,(H,25,27). The molecule has 0 saturated carbocycles. The van der Waals surface area contributed by atoms with Crippen molar-refractivity contribution in [2.45, 2.75) is 4.90 Å². The van der Waals surface area contributed by atoms with Crippen LogP contribution in [0.3, 0.4) is 0 Å². The Kier molecular flexibility index (Phi) is 7.09. The molecule has 6 nitrogen and oxygen atoms in total. The van der Waals surface area contributed by atoms with Gasteiger partial charge in [0.1, 0.15) is 28.9 Å². The molecule has 0 atom stereocenters. The van der Waals surface area contributed by atoms with Crippen molar-refractivity contribution in [1.29, 1.82) is 0 Å². The van der Waals surface area contributed by atoms with Gasteiger partial charge in [-0.3, -0.25) is 9.52 Å². The van der Waals surface area contributed by atoms with Gasteiger partial charge >= 0.3 is 0 Å². The molecular formula is C21H17ClF2N2O4S. The number of anilines is 1. The lowest BCUT2D eigenvalue weighted by Crippen LogP contribution is -2.28. The number of hydrogen-bond donors (Lipinski definition) is 2. The lowest BCUT2D eigenvalue weighted by molar-refractivity contribution is 0.0947. The largest absolute Gasteiger partial charge is 0.492 e. The zero-order valence-corrected chi connectivity index (χ0v) is 17.5. The Morgan fingerprint density at radius 1 is 0.935 bits per heavy atom. The summed E-state index contributed by atoms with van der Waals surface area (Å²) in [6.45, 7) is 0.261. The van der Waals surface area contributed by atoms with E-state index < -0.39 is 21.7 Å². The Morgan fingerprint density at radius 3 is 2.19 bits per heavy atom. The number of ether oxygens (including phenoxy) is 1. The molecule has 2 N–H and O–H groups in total. The first kappa shape index (κ1) is 22.5. The molecule has 0 aromatic heterocycles. The molecule has 0 aliphatic carbocycles. The molecule has 1 amide bonds. The Labute approximate surface area is 182 Å². The van der Waals surface area contributed by atoms with Gasteiger partial charge in [-0.2, -0.15) is 0 Å². The molecule has 162 valence electrons. The minimum atomic E-state index is -4.12. The molecule has 0 heterocycles. The zero-order valence-electron chi connectivity index (χ0n) is 15.9. The fourth-order valence-corrected chi connectivity index (χ4v) is 4.13. The van der Waals surface area contributed by atoms with Crippen LogP contribution in [0, 0.1) is 11.6 Å². The van der Waals surface area contributed by atoms with Crippen LogP contribution < -0.4 is 14.8 Å². The lowest BCUT2D eigenvalue weighted by atomic mass is 10.2. The molecule has 0 saturated heterocycles. The average Bonchev–Trinajstić information content (AvgIpc) is 2.74. The van der Waals surface area contributed by atoms with Crippen LogP contribution in [0.4, 0.5) is 14.5 Å². The molecule has 0 fully saturated rings. The Morgan fingerprint density at radius 2 is 1.55 bits per heavy atom. The van der Waals surface area contributed by atoms with Gasteiger partial charge < -0.3 is 10.1 Å². The van der Waals surface area contributed by atoms with Crippen molar-refractivity contribution in [2.75, 3.05) is 17.9 Å². The van der Waals surface area contributed by atoms with Crippen LogP contribution in [0.5, 0.6) is 5.75 Å². The Bertz CT molecular complexity index is 1170. The number of benzene rings is 3. The van der Waals surface area contributed by atoms with Crippen molar-refractivity contribution < 1.29 is 26.7 Å². The zero-order chi connectivity index (χ0) is 22.4. The van der Waals surface area contributed by atoms with Crippen LogP contribution in [0.1, 0.15) is 10.4 Å². The number of hydrogen-bond acceptors (Lipinski definition) is 4. The van der Waals surface area contributed by atoms with E-state index in [9.17, 15) is 22.0 Å². The van der Waals surface area contributed by atoms with Gasteiger partial charge in [0.25, 0.3) is 15.9 Å². The van der Waals surface area contributed by atoms with E-state index in [1.54, 1.807) is 0 Å². The highest BCUT2D eigenvalue weighted by atomic mass is 35.5. The number of carbonyl (C=O) groups excluding carboxylic acids is 1. The van der Waals surface area contributed by atoms with Crippen molar-refractivity contribution in [2.24, 2.45) is 0 Å². The van der Waals surface area contributed by atoms with Gasteiger partial charge in [-0.05, 0) is 66.7 Å². The first-order valence-corrected chi connectivity index (χ1v) is 10.9. The fraction of sp³-hybridized carbons (Fsp3) is 0.0952. The molecule has 31 heavy (non-hydrogen) atoms. The quantitative estimate of drug-likeness (QED) is 0.487. The maximum Gasteiger partial charge on any atom is 0.263 e. The molecule has 10 heteroatoms. The number of carbonyl (C=O) groups is 1. The highest BCUT2D eigenvalue weighted by molar-refractivity contribution is 7.92. The SMILES string of the molecule is O=C(NCCOc1ccc(F)cc1)c1ccc(Cl)c(S(=O)(=O)Nc2ccc(F)cc2)c1. The fourth-order valence-electron chi connectivity index (χ4n) is 2.54. The first-order valence-electron chi connectivity index (χ1n) is 8.99. The summed E-state index contributed by atoms with van der Waals surface area (Å²) in [7, 11) is -4.12. The van der Waals surface area contributed by atoms with E-state index in [4.69, 9.17) is 16.3 Å². The van der Waals surface area contributed by atoms with Crippen LogP contribution in [0.15, 0.2) is 71.6 Å². The van der Waals surface area contributed by atoms with E-state index in [-0.39, 0.29) is 40.1 Å². The van der Waals surface area contributed by atoms with Gasteiger partial charge in [0, 0.05) is 11.3 Å². The van der Waals surface area contributed by atoms with Gasteiger partial charge in [0.15, 0.2) is 0 Å². The third kappa shape index (κ3) is 6.16. The molecule has 0 radical (unpaired) electrons. The average molecular weight is 467 g/mol. The van der Waals surface area contributed by atoms with Gasteiger partial charge in [-0.15, -0.1) is 0 Å². The molecule has 0 aliphatic heterocycles. The van der Waals surface area contributed by atoms with Crippen molar-refractivity contribution in [3.63, 3.8) is 0 Å². The second kappa shape index (κ2) is 9.76. The number of nitrogens with one attached hydrogen (secondary N) is 2. The topological polar surface area (TPSA) is 84.5 Å². The van der Waals surface area contributed by atoms with Crippen molar-refractivity contribution in [1.82, 2.24) is 5.32 Å². The van der Waals surface area contributed by atoms with Gasteiger partial charge in [-0.1, -0.05) is 11.6 Å². The summed E-state index contributed by atoms with van der Waals surface area (Å²) in [6.07, 6.45) is 0. The van der Waals surface area contributed by atoms with E-state index in [0.29, 0.717) is 5.75 Å². The number of halogens is 3. The van der Waals surface area contributed by atoms with Crippen LogP contribution in [-0.2, 0) is 10.0 Å². The summed E-state index contributed by atoms with van der Waals surface area (Å²) < 4.78 is 58.9. The molecule has 3 aromatic carbocycles. The van der Waals surface area contributed by atoms with Crippen LogP contribution in [0.2, 0.25) is 5.02 Å². The number of amides is 1. The third-order valence-electron chi connectivity index (χ3n) is 4.05.